The van der Waals surface area contributed by atoms with Crippen molar-refractivity contribution in [3.63, 3.8) is 0 Å². The highest BCUT2D eigenvalue weighted by Crippen LogP contribution is 2.15. The fourth-order valence-corrected chi connectivity index (χ4v) is 3.31. The van der Waals surface area contributed by atoms with Gasteiger partial charge in [-0.1, -0.05) is 13.8 Å². The van der Waals surface area contributed by atoms with E-state index in [0.29, 0.717) is 6.04 Å². The summed E-state index contributed by atoms with van der Waals surface area (Å²) in [6, 6.07) is 0.413. The van der Waals surface area contributed by atoms with Crippen molar-refractivity contribution < 1.29 is 0 Å². The summed E-state index contributed by atoms with van der Waals surface area (Å²) in [6.07, 6.45) is 2.35. The lowest BCUT2D eigenvalue weighted by Crippen LogP contribution is -2.42. The van der Waals surface area contributed by atoms with Crippen molar-refractivity contribution in [1.29, 1.82) is 0 Å². The second kappa shape index (κ2) is 10.6. The number of nitrogens with zero attached hydrogens (tertiary/aromatic N) is 3. The number of aliphatic imine (C=N–C) groups is 1. The first kappa shape index (κ1) is 19.9. The molecule has 0 fully saturated rings. The van der Waals surface area contributed by atoms with Crippen molar-refractivity contribution >= 4 is 17.3 Å². The summed E-state index contributed by atoms with van der Waals surface area (Å²) in [4.78, 5) is 12.6. The number of aryl methyl sites for hydroxylation is 2. The van der Waals surface area contributed by atoms with Gasteiger partial charge in [-0.05, 0) is 53.2 Å². The molecule has 0 spiro atoms. The van der Waals surface area contributed by atoms with Crippen LogP contribution in [0, 0.1) is 13.8 Å². The molecule has 132 valence electrons. The van der Waals surface area contributed by atoms with Gasteiger partial charge in [0.15, 0.2) is 5.96 Å². The Hall–Kier alpha value is -1.14. The zero-order chi connectivity index (χ0) is 17.2. The van der Waals surface area contributed by atoms with Crippen LogP contribution in [0.4, 0.5) is 0 Å². The molecule has 1 atom stereocenters. The van der Waals surface area contributed by atoms with E-state index >= 15 is 0 Å². The normalized spacial score (nSPS) is 13.4. The lowest BCUT2D eigenvalue weighted by Gasteiger charge is -2.21. The van der Waals surface area contributed by atoms with E-state index in [2.05, 4.69) is 60.1 Å². The molecular weight excluding hydrogens is 306 g/mol. The number of thiazole rings is 1. The third-order valence-electron chi connectivity index (χ3n) is 4.09. The molecule has 1 aromatic rings. The van der Waals surface area contributed by atoms with Gasteiger partial charge in [0.2, 0.25) is 0 Å². The molecule has 0 bridgehead atoms. The Labute approximate surface area is 145 Å². The molecule has 23 heavy (non-hydrogen) atoms. The third kappa shape index (κ3) is 7.31. The predicted octanol–water partition coefficient (Wildman–Crippen LogP) is 2.94. The zero-order valence-corrected chi connectivity index (χ0v) is 16.4. The molecule has 6 heteroatoms. The molecule has 5 nitrogen and oxygen atoms in total. The quantitative estimate of drug-likeness (QED) is 0.536. The first-order chi connectivity index (χ1) is 11.0. The van der Waals surface area contributed by atoms with Crippen LogP contribution in [0.25, 0.3) is 0 Å². The van der Waals surface area contributed by atoms with Gasteiger partial charge in [0.25, 0.3) is 0 Å². The number of aromatic nitrogens is 1. The molecular formula is C17H33N5S. The molecule has 1 unspecified atom stereocenters. The molecule has 0 saturated carbocycles. The molecule has 0 aliphatic heterocycles. The summed E-state index contributed by atoms with van der Waals surface area (Å²) in [5, 5.41) is 7.93. The third-order valence-corrected chi connectivity index (χ3v) is 5.17. The molecule has 1 heterocycles. The highest BCUT2D eigenvalue weighted by Gasteiger charge is 2.08. The Morgan fingerprint density at radius 3 is 2.52 bits per heavy atom. The van der Waals surface area contributed by atoms with E-state index in [1.807, 2.05) is 7.05 Å². The Morgan fingerprint density at radius 1 is 1.30 bits per heavy atom. The summed E-state index contributed by atoms with van der Waals surface area (Å²) >= 11 is 1.75. The van der Waals surface area contributed by atoms with Crippen LogP contribution in [0.15, 0.2) is 4.99 Å². The van der Waals surface area contributed by atoms with Crippen molar-refractivity contribution in [2.24, 2.45) is 4.99 Å². The topological polar surface area (TPSA) is 52.5 Å². The van der Waals surface area contributed by atoms with Crippen molar-refractivity contribution in [3.8, 4) is 0 Å². The van der Waals surface area contributed by atoms with Gasteiger partial charge in [0, 0.05) is 18.0 Å². The zero-order valence-electron chi connectivity index (χ0n) is 15.6. The van der Waals surface area contributed by atoms with Crippen LogP contribution in [-0.2, 0) is 6.54 Å². The van der Waals surface area contributed by atoms with Gasteiger partial charge >= 0.3 is 0 Å². The maximum Gasteiger partial charge on any atom is 0.191 e. The fourth-order valence-electron chi connectivity index (χ4n) is 2.44. The molecule has 1 rings (SSSR count). The SMILES string of the molecule is CCN(CC)CCCC(C)NC(=NC)NCc1nc(C)c(C)s1. The predicted molar refractivity (Wildman–Crippen MR) is 101 cm³/mol. The van der Waals surface area contributed by atoms with Gasteiger partial charge in [-0.15, -0.1) is 11.3 Å². The van der Waals surface area contributed by atoms with Gasteiger partial charge in [0.1, 0.15) is 5.01 Å². The van der Waals surface area contributed by atoms with E-state index in [-0.39, 0.29) is 0 Å². The number of nitrogens with one attached hydrogen (secondary N) is 2. The number of guanidine groups is 1. The van der Waals surface area contributed by atoms with Crippen LogP contribution < -0.4 is 10.6 Å². The van der Waals surface area contributed by atoms with Gasteiger partial charge in [-0.2, -0.15) is 0 Å². The van der Waals surface area contributed by atoms with Crippen LogP contribution in [0.2, 0.25) is 0 Å². The number of rotatable bonds is 9. The molecule has 2 N–H and O–H groups in total. The second-order valence-electron chi connectivity index (χ2n) is 5.89. The molecule has 0 aliphatic carbocycles. The largest absolute Gasteiger partial charge is 0.354 e. The monoisotopic (exact) mass is 339 g/mol. The van der Waals surface area contributed by atoms with Crippen molar-refractivity contribution in [3.05, 3.63) is 15.6 Å². The minimum absolute atomic E-state index is 0.413. The summed E-state index contributed by atoms with van der Waals surface area (Å²) in [7, 11) is 1.82. The van der Waals surface area contributed by atoms with Gasteiger partial charge in [-0.25, -0.2) is 4.98 Å². The summed E-state index contributed by atoms with van der Waals surface area (Å²) in [5.41, 5.74) is 1.12. The first-order valence-electron chi connectivity index (χ1n) is 8.62. The van der Waals surface area contributed by atoms with E-state index < -0.39 is 0 Å². The average Bonchev–Trinajstić information content (AvgIpc) is 2.86. The van der Waals surface area contributed by atoms with Gasteiger partial charge in [-0.3, -0.25) is 4.99 Å². The minimum atomic E-state index is 0.413. The molecule has 0 amide bonds. The average molecular weight is 340 g/mol. The van der Waals surface area contributed by atoms with E-state index in [0.717, 1.165) is 42.7 Å². The second-order valence-corrected chi connectivity index (χ2v) is 7.18. The Balaban J connectivity index is 2.32. The first-order valence-corrected chi connectivity index (χ1v) is 9.44. The molecule has 0 radical (unpaired) electrons. The van der Waals surface area contributed by atoms with E-state index in [1.54, 1.807) is 11.3 Å². The summed E-state index contributed by atoms with van der Waals surface area (Å²) < 4.78 is 0. The lowest BCUT2D eigenvalue weighted by atomic mass is 10.2. The van der Waals surface area contributed by atoms with E-state index in [9.17, 15) is 0 Å². The number of hydrogen-bond acceptors (Lipinski definition) is 4. The standard InChI is InChI=1S/C17H33N5S/c1-7-22(8-2)11-9-10-13(3)20-17(18-6)19-12-16-21-14(4)15(5)23-16/h13H,7-12H2,1-6H3,(H2,18,19,20). The van der Waals surface area contributed by atoms with Crippen LogP contribution in [0.5, 0.6) is 0 Å². The Morgan fingerprint density at radius 2 is 2.00 bits per heavy atom. The maximum absolute atomic E-state index is 4.55. The highest BCUT2D eigenvalue weighted by atomic mass is 32.1. The molecule has 0 aliphatic rings. The highest BCUT2D eigenvalue weighted by molar-refractivity contribution is 7.11. The van der Waals surface area contributed by atoms with Gasteiger partial charge in [0.05, 0.1) is 12.2 Å². The molecule has 1 aromatic heterocycles. The Kier molecular flexibility index (Phi) is 9.17. The maximum atomic E-state index is 4.55. The van der Waals surface area contributed by atoms with E-state index in [1.165, 1.54) is 17.8 Å². The van der Waals surface area contributed by atoms with Crippen LogP contribution in [0.3, 0.4) is 0 Å². The van der Waals surface area contributed by atoms with Crippen LogP contribution >= 0.6 is 11.3 Å². The van der Waals surface area contributed by atoms with E-state index in [4.69, 9.17) is 0 Å². The fraction of sp³-hybridized carbons (Fsp3) is 0.765. The lowest BCUT2D eigenvalue weighted by molar-refractivity contribution is 0.292. The summed E-state index contributed by atoms with van der Waals surface area (Å²) in [6.45, 7) is 15.0. The van der Waals surface area contributed by atoms with Gasteiger partial charge < -0.3 is 15.5 Å². The Bertz CT molecular complexity index is 460. The summed E-state index contributed by atoms with van der Waals surface area (Å²) in [5.74, 6) is 0.853. The minimum Gasteiger partial charge on any atom is -0.354 e. The van der Waals surface area contributed by atoms with Crippen molar-refractivity contribution in [2.45, 2.75) is 60.0 Å². The van der Waals surface area contributed by atoms with Crippen molar-refractivity contribution in [1.82, 2.24) is 20.5 Å². The van der Waals surface area contributed by atoms with Crippen LogP contribution in [-0.4, -0.2) is 48.6 Å². The molecule has 0 saturated heterocycles. The number of hydrogen-bond donors (Lipinski definition) is 2. The van der Waals surface area contributed by atoms with Crippen LogP contribution in [0.1, 0.15) is 49.2 Å². The smallest absolute Gasteiger partial charge is 0.191 e. The van der Waals surface area contributed by atoms with Crippen molar-refractivity contribution in [2.75, 3.05) is 26.7 Å². The molecule has 0 aromatic carbocycles.